The number of aryl methyl sites for hydroxylation is 1. The van der Waals surface area contributed by atoms with Gasteiger partial charge in [0, 0.05) is 19.0 Å². The summed E-state index contributed by atoms with van der Waals surface area (Å²) in [6, 6.07) is 18.2. The van der Waals surface area contributed by atoms with Gasteiger partial charge in [-0.25, -0.2) is 9.97 Å². The van der Waals surface area contributed by atoms with Gasteiger partial charge < -0.3 is 9.88 Å². The molecule has 1 aliphatic rings. The second kappa shape index (κ2) is 7.44. The minimum absolute atomic E-state index is 0.0382. The smallest absolute Gasteiger partial charge is 0.273 e. The Morgan fingerprint density at radius 1 is 1.03 bits per heavy atom. The zero-order valence-corrected chi connectivity index (χ0v) is 17.1. The molecule has 146 valence electrons. The Labute approximate surface area is 173 Å². The molecule has 0 unspecified atom stereocenters. The van der Waals surface area contributed by atoms with Crippen LogP contribution in [-0.2, 0) is 0 Å². The van der Waals surface area contributed by atoms with Crippen LogP contribution in [0.4, 0.5) is 0 Å². The lowest BCUT2D eigenvalue weighted by Crippen LogP contribution is -2.38. The molecule has 2 aromatic carbocycles. The first kappa shape index (κ1) is 18.1. The van der Waals surface area contributed by atoms with Gasteiger partial charge in [-0.3, -0.25) is 4.79 Å². The summed E-state index contributed by atoms with van der Waals surface area (Å²) in [7, 11) is 0. The molecule has 5 rings (SSSR count). The Morgan fingerprint density at radius 3 is 2.52 bits per heavy atom. The first-order valence-corrected chi connectivity index (χ1v) is 10.8. The van der Waals surface area contributed by atoms with Gasteiger partial charge in [-0.15, -0.1) is 11.3 Å². The van der Waals surface area contributed by atoms with Gasteiger partial charge in [-0.05, 0) is 37.5 Å². The lowest BCUT2D eigenvalue weighted by atomic mass is 9.96. The number of benzene rings is 2. The Balaban J connectivity index is 1.33. The number of para-hydroxylation sites is 2. The molecule has 0 aliphatic carbocycles. The molecule has 1 N–H and O–H groups in total. The molecule has 6 heteroatoms. The van der Waals surface area contributed by atoms with Gasteiger partial charge in [-0.1, -0.05) is 42.5 Å². The molecule has 29 heavy (non-hydrogen) atoms. The number of nitrogens with one attached hydrogen (secondary N) is 1. The number of nitrogens with zero attached hydrogens (tertiary/aromatic N) is 3. The standard InChI is InChI=1S/C23H22N4OS/c1-15-24-20(21(29-15)16-7-3-2-4-8-16)23(28)27-13-11-17(12-14-27)22-25-18-9-5-6-10-19(18)26-22/h2-10,17H,11-14H2,1H3,(H,25,26). The Bertz CT molecular complexity index is 1120. The number of likely N-dealkylation sites (tertiary alicyclic amines) is 1. The number of hydrogen-bond donors (Lipinski definition) is 1. The van der Waals surface area contributed by atoms with E-state index in [2.05, 4.69) is 16.0 Å². The van der Waals surface area contributed by atoms with Crippen molar-refractivity contribution in [3.8, 4) is 10.4 Å². The number of fused-ring (bicyclic) bond motifs is 1. The highest BCUT2D eigenvalue weighted by atomic mass is 32.1. The van der Waals surface area contributed by atoms with Gasteiger partial charge in [0.2, 0.25) is 0 Å². The van der Waals surface area contributed by atoms with E-state index in [1.165, 1.54) is 0 Å². The van der Waals surface area contributed by atoms with Gasteiger partial charge in [0.05, 0.1) is 20.9 Å². The number of amides is 1. The van der Waals surface area contributed by atoms with E-state index in [1.807, 2.05) is 60.4 Å². The summed E-state index contributed by atoms with van der Waals surface area (Å²) in [4.78, 5) is 28.9. The fourth-order valence-electron chi connectivity index (χ4n) is 4.03. The SMILES string of the molecule is Cc1nc(C(=O)N2CCC(c3nc4ccccc4[nH]3)CC2)c(-c2ccccc2)s1. The monoisotopic (exact) mass is 402 g/mol. The summed E-state index contributed by atoms with van der Waals surface area (Å²) in [6.45, 7) is 3.42. The predicted octanol–water partition coefficient (Wildman–Crippen LogP) is 5.01. The van der Waals surface area contributed by atoms with Crippen LogP contribution in [0.3, 0.4) is 0 Å². The lowest BCUT2D eigenvalue weighted by Gasteiger charge is -2.31. The van der Waals surface area contributed by atoms with E-state index in [0.717, 1.165) is 58.2 Å². The van der Waals surface area contributed by atoms with Crippen LogP contribution in [0.2, 0.25) is 0 Å². The van der Waals surface area contributed by atoms with E-state index >= 15 is 0 Å². The third-order valence-electron chi connectivity index (χ3n) is 5.55. The van der Waals surface area contributed by atoms with Gasteiger partial charge in [0.15, 0.2) is 0 Å². The number of aromatic nitrogens is 3. The van der Waals surface area contributed by atoms with Crippen LogP contribution >= 0.6 is 11.3 Å². The first-order chi connectivity index (χ1) is 14.2. The van der Waals surface area contributed by atoms with Crippen LogP contribution in [-0.4, -0.2) is 38.8 Å². The van der Waals surface area contributed by atoms with E-state index in [1.54, 1.807) is 11.3 Å². The average molecular weight is 403 g/mol. The van der Waals surface area contributed by atoms with Gasteiger partial charge >= 0.3 is 0 Å². The molecule has 5 nitrogen and oxygen atoms in total. The molecule has 2 aromatic heterocycles. The number of H-pyrrole nitrogens is 1. The van der Waals surface area contributed by atoms with Gasteiger partial charge in [0.1, 0.15) is 11.5 Å². The highest BCUT2D eigenvalue weighted by Gasteiger charge is 2.29. The number of rotatable bonds is 3. The molecule has 1 amide bonds. The van der Waals surface area contributed by atoms with Crippen molar-refractivity contribution in [2.24, 2.45) is 0 Å². The maximum absolute atomic E-state index is 13.2. The molecule has 0 spiro atoms. The number of imidazole rings is 1. The van der Waals surface area contributed by atoms with Crippen LogP contribution in [0, 0.1) is 6.92 Å². The molecule has 0 saturated carbocycles. The van der Waals surface area contributed by atoms with Gasteiger partial charge in [0.25, 0.3) is 5.91 Å². The van der Waals surface area contributed by atoms with Crippen molar-refractivity contribution in [3.05, 3.63) is 71.1 Å². The van der Waals surface area contributed by atoms with Crippen LogP contribution in [0.1, 0.15) is 40.1 Å². The number of carbonyl (C=O) groups is 1. The molecule has 4 aromatic rings. The molecule has 1 aliphatic heterocycles. The van der Waals surface area contributed by atoms with E-state index in [0.29, 0.717) is 11.6 Å². The molecule has 3 heterocycles. The quantitative estimate of drug-likeness (QED) is 0.524. The molecular weight excluding hydrogens is 380 g/mol. The predicted molar refractivity (Wildman–Crippen MR) is 116 cm³/mol. The van der Waals surface area contributed by atoms with Crippen molar-refractivity contribution >= 4 is 28.3 Å². The third-order valence-corrected chi connectivity index (χ3v) is 6.57. The largest absolute Gasteiger partial charge is 0.342 e. The Morgan fingerprint density at radius 2 is 1.76 bits per heavy atom. The zero-order valence-electron chi connectivity index (χ0n) is 16.3. The summed E-state index contributed by atoms with van der Waals surface area (Å²) in [5.74, 6) is 1.43. The van der Waals surface area contributed by atoms with Crippen molar-refractivity contribution in [1.29, 1.82) is 0 Å². The molecule has 0 radical (unpaired) electrons. The minimum atomic E-state index is 0.0382. The van der Waals surface area contributed by atoms with Crippen molar-refractivity contribution in [2.75, 3.05) is 13.1 Å². The van der Waals surface area contributed by atoms with Crippen LogP contribution in [0.15, 0.2) is 54.6 Å². The Kier molecular flexibility index (Phi) is 4.64. The molecule has 1 saturated heterocycles. The number of piperidine rings is 1. The second-order valence-corrected chi connectivity index (χ2v) is 8.69. The van der Waals surface area contributed by atoms with E-state index < -0.39 is 0 Å². The summed E-state index contributed by atoms with van der Waals surface area (Å²) >= 11 is 1.59. The maximum Gasteiger partial charge on any atom is 0.273 e. The average Bonchev–Trinajstić information content (AvgIpc) is 3.37. The second-order valence-electron chi connectivity index (χ2n) is 7.48. The summed E-state index contributed by atoms with van der Waals surface area (Å²) in [6.07, 6.45) is 1.82. The molecular formula is C23H22N4OS. The highest BCUT2D eigenvalue weighted by Crippen LogP contribution is 2.33. The molecule has 0 atom stereocenters. The maximum atomic E-state index is 13.2. The fraction of sp³-hybridized carbons (Fsp3) is 0.261. The summed E-state index contributed by atoms with van der Waals surface area (Å²) in [5, 5.41) is 0.921. The summed E-state index contributed by atoms with van der Waals surface area (Å²) < 4.78 is 0. The molecule has 1 fully saturated rings. The summed E-state index contributed by atoms with van der Waals surface area (Å²) in [5.41, 5.74) is 3.72. The molecule has 0 bridgehead atoms. The van der Waals surface area contributed by atoms with E-state index in [-0.39, 0.29) is 5.91 Å². The van der Waals surface area contributed by atoms with Crippen molar-refractivity contribution in [2.45, 2.75) is 25.7 Å². The van der Waals surface area contributed by atoms with E-state index in [4.69, 9.17) is 4.98 Å². The van der Waals surface area contributed by atoms with Crippen molar-refractivity contribution in [1.82, 2.24) is 19.9 Å². The van der Waals surface area contributed by atoms with E-state index in [9.17, 15) is 4.79 Å². The minimum Gasteiger partial charge on any atom is -0.342 e. The third kappa shape index (κ3) is 3.44. The van der Waals surface area contributed by atoms with Crippen molar-refractivity contribution < 1.29 is 4.79 Å². The van der Waals surface area contributed by atoms with Crippen LogP contribution in [0.25, 0.3) is 21.5 Å². The van der Waals surface area contributed by atoms with Gasteiger partial charge in [-0.2, -0.15) is 0 Å². The zero-order chi connectivity index (χ0) is 19.8. The number of aromatic amines is 1. The highest BCUT2D eigenvalue weighted by molar-refractivity contribution is 7.15. The normalized spacial score (nSPS) is 15.1. The topological polar surface area (TPSA) is 61.9 Å². The number of hydrogen-bond acceptors (Lipinski definition) is 4. The Hall–Kier alpha value is -2.99. The number of carbonyl (C=O) groups excluding carboxylic acids is 1. The van der Waals surface area contributed by atoms with Crippen molar-refractivity contribution in [3.63, 3.8) is 0 Å². The lowest BCUT2D eigenvalue weighted by molar-refractivity contribution is 0.0706. The first-order valence-electron chi connectivity index (χ1n) is 9.96. The van der Waals surface area contributed by atoms with Crippen LogP contribution in [0.5, 0.6) is 0 Å². The van der Waals surface area contributed by atoms with Crippen LogP contribution < -0.4 is 0 Å². The number of thiazole rings is 1. The fourth-order valence-corrected chi connectivity index (χ4v) is 4.94.